The van der Waals surface area contributed by atoms with Gasteiger partial charge in [-0.1, -0.05) is 25.7 Å². The van der Waals surface area contributed by atoms with E-state index in [2.05, 4.69) is 11.2 Å². The van der Waals surface area contributed by atoms with Gasteiger partial charge in [-0.2, -0.15) is 0 Å². The predicted molar refractivity (Wildman–Crippen MR) is 66.0 cm³/mol. The average Bonchev–Trinajstić information content (AvgIpc) is 2.58. The van der Waals surface area contributed by atoms with Crippen molar-refractivity contribution >= 4 is 5.91 Å². The molecule has 0 spiro atoms. The van der Waals surface area contributed by atoms with Gasteiger partial charge in [0.25, 0.3) is 0 Å². The lowest BCUT2D eigenvalue weighted by Crippen LogP contribution is -2.41. The van der Waals surface area contributed by atoms with Gasteiger partial charge in [-0.25, -0.2) is 0 Å². The lowest BCUT2D eigenvalue weighted by Gasteiger charge is -2.21. The molecule has 0 radical (unpaired) electrons. The summed E-state index contributed by atoms with van der Waals surface area (Å²) >= 11 is 0. The zero-order valence-corrected chi connectivity index (χ0v) is 10.2. The summed E-state index contributed by atoms with van der Waals surface area (Å²) in [4.78, 5) is 13.8. The molecule has 1 fully saturated rings. The zero-order valence-electron chi connectivity index (χ0n) is 10.2. The Bertz CT molecular complexity index is 249. The first-order chi connectivity index (χ1) is 7.77. The first-order valence-corrected chi connectivity index (χ1v) is 6.25. The minimum Gasteiger partial charge on any atom is -0.342 e. The molecule has 1 aliphatic rings. The molecule has 90 valence electrons. The summed E-state index contributed by atoms with van der Waals surface area (Å²) in [5.41, 5.74) is 0. The molecule has 0 aromatic carbocycles. The number of carbonyl (C=O) groups is 1. The fourth-order valence-corrected chi connectivity index (χ4v) is 1.96. The molecule has 1 amide bonds. The highest BCUT2D eigenvalue weighted by atomic mass is 16.2. The quantitative estimate of drug-likeness (QED) is 0.729. The van der Waals surface area contributed by atoms with Gasteiger partial charge in [0.2, 0.25) is 5.91 Å². The summed E-state index contributed by atoms with van der Waals surface area (Å²) in [6.07, 6.45) is 11.0. The Balaban J connectivity index is 2.30. The van der Waals surface area contributed by atoms with Gasteiger partial charge in [0.15, 0.2) is 0 Å². The maximum atomic E-state index is 11.9. The largest absolute Gasteiger partial charge is 0.342 e. The van der Waals surface area contributed by atoms with Crippen molar-refractivity contribution < 1.29 is 4.79 Å². The fraction of sp³-hybridized carbons (Fsp3) is 0.769. The van der Waals surface area contributed by atoms with Crippen LogP contribution in [0.3, 0.4) is 0 Å². The van der Waals surface area contributed by atoms with Crippen LogP contribution >= 0.6 is 0 Å². The van der Waals surface area contributed by atoms with Crippen LogP contribution in [0.25, 0.3) is 0 Å². The van der Waals surface area contributed by atoms with Crippen molar-refractivity contribution in [2.75, 3.05) is 19.6 Å². The molecular weight excluding hydrogens is 200 g/mol. The number of carbonyl (C=O) groups excluding carboxylic acids is 1. The van der Waals surface area contributed by atoms with Crippen molar-refractivity contribution in [2.24, 2.45) is 0 Å². The Morgan fingerprint density at radius 1 is 1.38 bits per heavy atom. The van der Waals surface area contributed by atoms with Crippen LogP contribution in [-0.4, -0.2) is 36.5 Å². The van der Waals surface area contributed by atoms with Crippen LogP contribution in [-0.2, 0) is 4.79 Å². The smallest absolute Gasteiger partial charge is 0.236 e. The van der Waals surface area contributed by atoms with Gasteiger partial charge >= 0.3 is 0 Å². The van der Waals surface area contributed by atoms with Gasteiger partial charge in [-0.3, -0.25) is 10.1 Å². The first-order valence-electron chi connectivity index (χ1n) is 6.25. The lowest BCUT2D eigenvalue weighted by atomic mass is 10.2. The molecule has 0 aromatic rings. The molecule has 1 rings (SSSR count). The molecule has 0 aliphatic carbocycles. The third-order valence-electron chi connectivity index (χ3n) is 3.07. The molecule has 1 atom stereocenters. The van der Waals surface area contributed by atoms with Crippen LogP contribution in [0.1, 0.15) is 39.0 Å². The van der Waals surface area contributed by atoms with Crippen molar-refractivity contribution in [3.05, 3.63) is 0 Å². The van der Waals surface area contributed by atoms with Crippen LogP contribution < -0.4 is 5.32 Å². The third-order valence-corrected chi connectivity index (χ3v) is 3.07. The SMILES string of the molecule is C#CC(CC)NCC(=O)N1CCCCCC1. The Hall–Kier alpha value is -1.01. The molecule has 0 bridgehead atoms. The summed E-state index contributed by atoms with van der Waals surface area (Å²) < 4.78 is 0. The molecule has 1 aliphatic heterocycles. The first kappa shape index (κ1) is 13.1. The minimum atomic E-state index is 0.0240. The van der Waals surface area contributed by atoms with Gasteiger partial charge in [0.1, 0.15) is 0 Å². The van der Waals surface area contributed by atoms with Gasteiger partial charge in [0, 0.05) is 13.1 Å². The summed E-state index contributed by atoms with van der Waals surface area (Å²) in [5, 5.41) is 3.11. The third kappa shape index (κ3) is 4.24. The molecule has 3 heteroatoms. The van der Waals surface area contributed by atoms with E-state index in [0.717, 1.165) is 32.4 Å². The topological polar surface area (TPSA) is 32.3 Å². The van der Waals surface area contributed by atoms with E-state index in [1.54, 1.807) is 0 Å². The second kappa shape index (κ2) is 7.29. The van der Waals surface area contributed by atoms with E-state index in [1.807, 2.05) is 11.8 Å². The second-order valence-electron chi connectivity index (χ2n) is 4.30. The van der Waals surface area contributed by atoms with Crippen LogP contribution in [0.5, 0.6) is 0 Å². The highest BCUT2D eigenvalue weighted by Crippen LogP contribution is 2.09. The molecule has 1 N–H and O–H groups in total. The Labute approximate surface area is 98.6 Å². The molecule has 1 heterocycles. The maximum absolute atomic E-state index is 11.9. The van der Waals surface area contributed by atoms with Crippen molar-refractivity contribution in [1.29, 1.82) is 0 Å². The number of nitrogens with zero attached hydrogens (tertiary/aromatic N) is 1. The van der Waals surface area contributed by atoms with E-state index < -0.39 is 0 Å². The van der Waals surface area contributed by atoms with Gasteiger partial charge in [-0.15, -0.1) is 6.42 Å². The van der Waals surface area contributed by atoms with Crippen LogP contribution in [0.15, 0.2) is 0 Å². The summed E-state index contributed by atoms with van der Waals surface area (Å²) in [5.74, 6) is 2.83. The van der Waals surface area contributed by atoms with Crippen LogP contribution in [0.2, 0.25) is 0 Å². The molecule has 16 heavy (non-hydrogen) atoms. The number of hydrogen-bond donors (Lipinski definition) is 1. The number of rotatable bonds is 4. The Morgan fingerprint density at radius 3 is 2.50 bits per heavy atom. The predicted octanol–water partition coefficient (Wildman–Crippen LogP) is 1.39. The van der Waals surface area contributed by atoms with Crippen molar-refractivity contribution in [3.8, 4) is 12.3 Å². The normalized spacial score (nSPS) is 18.6. The van der Waals surface area contributed by atoms with Gasteiger partial charge in [-0.05, 0) is 19.3 Å². The zero-order chi connectivity index (χ0) is 11.8. The van der Waals surface area contributed by atoms with E-state index in [-0.39, 0.29) is 11.9 Å². The Kier molecular flexibility index (Phi) is 5.95. The van der Waals surface area contributed by atoms with Gasteiger partial charge < -0.3 is 4.90 Å². The van der Waals surface area contributed by atoms with Crippen molar-refractivity contribution in [1.82, 2.24) is 10.2 Å². The lowest BCUT2D eigenvalue weighted by molar-refractivity contribution is -0.130. The average molecular weight is 222 g/mol. The number of hydrogen-bond acceptors (Lipinski definition) is 2. The van der Waals surface area contributed by atoms with Crippen molar-refractivity contribution in [3.63, 3.8) is 0 Å². The number of likely N-dealkylation sites (tertiary alicyclic amines) is 1. The molecule has 0 saturated carbocycles. The van der Waals surface area contributed by atoms with E-state index >= 15 is 0 Å². The van der Waals surface area contributed by atoms with Crippen LogP contribution in [0, 0.1) is 12.3 Å². The molecule has 1 saturated heterocycles. The van der Waals surface area contributed by atoms with E-state index in [1.165, 1.54) is 12.8 Å². The monoisotopic (exact) mass is 222 g/mol. The number of amides is 1. The second-order valence-corrected chi connectivity index (χ2v) is 4.30. The standard InChI is InChI=1S/C13H22N2O/c1-3-12(4-2)14-11-13(16)15-9-7-5-6-8-10-15/h1,12,14H,4-11H2,2H3. The highest BCUT2D eigenvalue weighted by Gasteiger charge is 2.15. The van der Waals surface area contributed by atoms with E-state index in [9.17, 15) is 4.79 Å². The van der Waals surface area contributed by atoms with Crippen LogP contribution in [0.4, 0.5) is 0 Å². The summed E-state index contributed by atoms with van der Waals surface area (Å²) in [6, 6.07) is 0.0240. The molecule has 3 nitrogen and oxygen atoms in total. The number of nitrogens with one attached hydrogen (secondary N) is 1. The van der Waals surface area contributed by atoms with Gasteiger partial charge in [0.05, 0.1) is 12.6 Å². The highest BCUT2D eigenvalue weighted by molar-refractivity contribution is 5.78. The molecule has 1 unspecified atom stereocenters. The number of terminal acetylenes is 1. The van der Waals surface area contributed by atoms with E-state index in [4.69, 9.17) is 6.42 Å². The summed E-state index contributed by atoms with van der Waals surface area (Å²) in [6.45, 7) is 4.22. The van der Waals surface area contributed by atoms with E-state index in [0.29, 0.717) is 6.54 Å². The molecular formula is C13H22N2O. The fourth-order valence-electron chi connectivity index (χ4n) is 1.96. The summed E-state index contributed by atoms with van der Waals surface area (Å²) in [7, 11) is 0. The maximum Gasteiger partial charge on any atom is 0.236 e. The Morgan fingerprint density at radius 2 is 2.00 bits per heavy atom. The minimum absolute atomic E-state index is 0.0240. The molecule has 0 aromatic heterocycles. The van der Waals surface area contributed by atoms with Crippen molar-refractivity contribution in [2.45, 2.75) is 45.1 Å².